The van der Waals surface area contributed by atoms with E-state index in [4.69, 9.17) is 4.52 Å². The van der Waals surface area contributed by atoms with Crippen LogP contribution in [0.3, 0.4) is 0 Å². The number of carbonyl (C=O) groups excluding carboxylic acids is 1. The number of thiol groups is 1. The van der Waals surface area contributed by atoms with E-state index >= 15 is 0 Å². The largest absolute Gasteiger partial charge is 0.355 e. The Morgan fingerprint density at radius 2 is 1.96 bits per heavy atom. The minimum Gasteiger partial charge on any atom is -0.355 e. The summed E-state index contributed by atoms with van der Waals surface area (Å²) in [5.74, 6) is 7.11. The molecule has 0 bridgehead atoms. The van der Waals surface area contributed by atoms with Crippen LogP contribution >= 0.6 is 12.6 Å². The van der Waals surface area contributed by atoms with Gasteiger partial charge < -0.3 is 9.84 Å². The minimum absolute atomic E-state index is 0.0306. The van der Waals surface area contributed by atoms with Crippen LogP contribution in [-0.2, 0) is 4.79 Å². The molecule has 0 aliphatic rings. The number of rotatable bonds is 7. The van der Waals surface area contributed by atoms with E-state index in [-0.39, 0.29) is 5.91 Å². The van der Waals surface area contributed by atoms with Crippen LogP contribution in [0.15, 0.2) is 34.9 Å². The molecular formula is C21H26N2O2S. The predicted molar refractivity (Wildman–Crippen MR) is 108 cm³/mol. The van der Waals surface area contributed by atoms with Crippen molar-refractivity contribution in [1.29, 1.82) is 0 Å². The van der Waals surface area contributed by atoms with E-state index in [1.54, 1.807) is 13.8 Å². The van der Waals surface area contributed by atoms with Crippen LogP contribution in [0.1, 0.15) is 50.8 Å². The minimum atomic E-state index is -0.627. The van der Waals surface area contributed by atoms with E-state index in [0.29, 0.717) is 6.54 Å². The molecule has 2 aromatic rings. The Balaban J connectivity index is 1.78. The third-order valence-electron chi connectivity index (χ3n) is 3.93. The van der Waals surface area contributed by atoms with Crippen molar-refractivity contribution in [3.63, 3.8) is 0 Å². The highest BCUT2D eigenvalue weighted by Gasteiger charge is 2.21. The van der Waals surface area contributed by atoms with E-state index < -0.39 is 4.75 Å². The van der Waals surface area contributed by atoms with Gasteiger partial charge in [0.05, 0.1) is 16.0 Å². The molecule has 0 saturated carbocycles. The molecule has 0 spiro atoms. The zero-order chi connectivity index (χ0) is 19.0. The van der Waals surface area contributed by atoms with E-state index in [1.807, 2.05) is 37.3 Å². The van der Waals surface area contributed by atoms with Gasteiger partial charge in [-0.05, 0) is 33.6 Å². The molecule has 26 heavy (non-hydrogen) atoms. The molecule has 0 aliphatic carbocycles. The van der Waals surface area contributed by atoms with Crippen molar-refractivity contribution in [2.24, 2.45) is 0 Å². The Kier molecular flexibility index (Phi) is 7.35. The van der Waals surface area contributed by atoms with Crippen molar-refractivity contribution < 1.29 is 9.32 Å². The lowest BCUT2D eigenvalue weighted by Gasteiger charge is -2.16. The van der Waals surface area contributed by atoms with Gasteiger partial charge in [0.25, 0.3) is 0 Å². The Bertz CT molecular complexity index is 780. The number of nitrogens with zero attached hydrogens (tertiary/aromatic N) is 1. The van der Waals surface area contributed by atoms with Crippen molar-refractivity contribution in [1.82, 2.24) is 10.5 Å². The van der Waals surface area contributed by atoms with E-state index in [2.05, 4.69) is 34.9 Å². The molecule has 1 amide bonds. The molecule has 5 heteroatoms. The second kappa shape index (κ2) is 9.49. The lowest BCUT2D eigenvalue weighted by Crippen LogP contribution is -2.38. The molecule has 0 saturated heterocycles. The molecule has 4 nitrogen and oxygen atoms in total. The van der Waals surface area contributed by atoms with Crippen molar-refractivity contribution in [3.05, 3.63) is 41.6 Å². The summed E-state index contributed by atoms with van der Waals surface area (Å²) < 4.78 is 4.82. The Hall–Kier alpha value is -2.19. The van der Waals surface area contributed by atoms with Crippen molar-refractivity contribution >= 4 is 18.5 Å². The average molecular weight is 371 g/mol. The van der Waals surface area contributed by atoms with Crippen LogP contribution in [-0.4, -0.2) is 22.4 Å². The van der Waals surface area contributed by atoms with E-state index in [0.717, 1.165) is 48.3 Å². The zero-order valence-electron chi connectivity index (χ0n) is 15.6. The first kappa shape index (κ1) is 20.1. The number of aryl methyl sites for hydroxylation is 1. The third-order valence-corrected chi connectivity index (χ3v) is 4.13. The van der Waals surface area contributed by atoms with E-state index in [9.17, 15) is 4.79 Å². The van der Waals surface area contributed by atoms with Gasteiger partial charge in [-0.15, -0.1) is 0 Å². The van der Waals surface area contributed by atoms with Gasteiger partial charge in [0.1, 0.15) is 0 Å². The van der Waals surface area contributed by atoms with Gasteiger partial charge in [-0.25, -0.2) is 0 Å². The van der Waals surface area contributed by atoms with Crippen molar-refractivity contribution in [2.75, 3.05) is 6.54 Å². The first-order valence-corrected chi connectivity index (χ1v) is 9.35. The molecule has 1 N–H and O–H groups in total. The summed E-state index contributed by atoms with van der Waals surface area (Å²) in [7, 11) is 0. The van der Waals surface area contributed by atoms with Gasteiger partial charge in [0, 0.05) is 18.5 Å². The summed E-state index contributed by atoms with van der Waals surface area (Å²) in [6.07, 6.45) is 3.78. The number of benzene rings is 1. The molecule has 0 aliphatic heterocycles. The van der Waals surface area contributed by atoms with Crippen molar-refractivity contribution in [3.8, 4) is 23.2 Å². The number of hydrogen-bond acceptors (Lipinski definition) is 4. The maximum atomic E-state index is 11.7. The van der Waals surface area contributed by atoms with Gasteiger partial charge in [-0.3, -0.25) is 4.79 Å². The van der Waals surface area contributed by atoms with Crippen LogP contribution in [0, 0.1) is 18.8 Å². The highest BCUT2D eigenvalue weighted by Crippen LogP contribution is 2.25. The summed E-state index contributed by atoms with van der Waals surface area (Å²) in [6, 6.07) is 9.89. The Morgan fingerprint density at radius 3 is 2.65 bits per heavy atom. The number of unbranched alkanes of at least 4 members (excludes halogenated alkanes) is 3. The molecule has 1 aromatic heterocycles. The molecule has 0 fully saturated rings. The second-order valence-corrected chi connectivity index (χ2v) is 7.88. The summed E-state index contributed by atoms with van der Waals surface area (Å²) in [5, 5.41) is 6.94. The van der Waals surface area contributed by atoms with E-state index in [1.165, 1.54) is 0 Å². The van der Waals surface area contributed by atoms with Gasteiger partial charge in [-0.1, -0.05) is 53.8 Å². The number of amides is 1. The molecule has 2 rings (SSSR count). The van der Waals surface area contributed by atoms with Gasteiger partial charge in [-0.2, -0.15) is 12.6 Å². The Morgan fingerprint density at radius 1 is 1.23 bits per heavy atom. The number of aromatic nitrogens is 1. The highest BCUT2D eigenvalue weighted by molar-refractivity contribution is 7.82. The fourth-order valence-corrected chi connectivity index (χ4v) is 2.47. The van der Waals surface area contributed by atoms with Crippen LogP contribution in [0.2, 0.25) is 0 Å². The molecule has 1 aromatic carbocycles. The van der Waals surface area contributed by atoms with Gasteiger partial charge >= 0.3 is 0 Å². The molecular weight excluding hydrogens is 344 g/mol. The summed E-state index contributed by atoms with van der Waals surface area (Å²) >= 11 is 4.25. The van der Waals surface area contributed by atoms with Crippen LogP contribution in [0.5, 0.6) is 0 Å². The topological polar surface area (TPSA) is 55.1 Å². The molecule has 0 unspecified atom stereocenters. The van der Waals surface area contributed by atoms with Crippen molar-refractivity contribution in [2.45, 2.75) is 51.2 Å². The van der Waals surface area contributed by atoms with Crippen LogP contribution < -0.4 is 5.32 Å². The second-order valence-electron chi connectivity index (χ2n) is 6.77. The van der Waals surface area contributed by atoms with Crippen LogP contribution in [0.25, 0.3) is 11.3 Å². The normalized spacial score (nSPS) is 10.9. The maximum Gasteiger partial charge on any atom is 0.235 e. The molecule has 138 valence electrons. The SMILES string of the molecule is Cc1noc(-c2ccccc2)c1C#CCCCCCNC(=O)C(C)(C)S. The lowest BCUT2D eigenvalue weighted by molar-refractivity contribution is -0.122. The first-order valence-electron chi connectivity index (χ1n) is 8.91. The smallest absolute Gasteiger partial charge is 0.235 e. The number of carbonyl (C=O) groups is 1. The summed E-state index contributed by atoms with van der Waals surface area (Å²) in [6.45, 7) is 6.17. The fraction of sp³-hybridized carbons (Fsp3) is 0.429. The standard InChI is InChI=1S/C21H26N2O2S/c1-16-18(19(25-23-16)17-12-8-7-9-13-17)14-10-5-4-6-11-15-22-20(24)21(2,3)26/h7-9,12-13,26H,4-6,11,15H2,1-3H3,(H,22,24). The molecule has 1 heterocycles. The number of nitrogens with one attached hydrogen (secondary N) is 1. The maximum absolute atomic E-state index is 11.7. The summed E-state index contributed by atoms with van der Waals surface area (Å²) in [4.78, 5) is 11.7. The first-order chi connectivity index (χ1) is 12.4. The fourth-order valence-electron chi connectivity index (χ4n) is 2.39. The Labute approximate surface area is 161 Å². The highest BCUT2D eigenvalue weighted by atomic mass is 32.1. The monoisotopic (exact) mass is 370 g/mol. The van der Waals surface area contributed by atoms with Crippen LogP contribution in [0.4, 0.5) is 0 Å². The summed E-state index contributed by atoms with van der Waals surface area (Å²) in [5.41, 5.74) is 2.66. The third kappa shape index (κ3) is 5.96. The predicted octanol–water partition coefficient (Wildman–Crippen LogP) is 4.39. The number of hydrogen-bond donors (Lipinski definition) is 2. The molecule has 0 atom stereocenters. The quantitative estimate of drug-likeness (QED) is 0.432. The lowest BCUT2D eigenvalue weighted by atomic mass is 10.1. The zero-order valence-corrected chi connectivity index (χ0v) is 16.5. The molecule has 0 radical (unpaired) electrons. The van der Waals surface area contributed by atoms with Gasteiger partial charge in [0.2, 0.25) is 5.91 Å². The average Bonchev–Trinajstić information content (AvgIpc) is 2.97. The van der Waals surface area contributed by atoms with Gasteiger partial charge in [0.15, 0.2) is 5.76 Å².